The number of likely N-dealkylation sites (N-methyl/N-ethyl adjacent to an activating group) is 1. The summed E-state index contributed by atoms with van der Waals surface area (Å²) in [5, 5.41) is 6.75. The molecule has 28 heavy (non-hydrogen) atoms. The molecule has 0 spiro atoms. The SMILES string of the molecule is CC1=NN(c2ccccc2)C(=O)/C1=C(/c1ccc(Cl)cc1)N1CCN(C)CC1. The highest BCUT2D eigenvalue weighted by molar-refractivity contribution is 6.33. The molecule has 2 aliphatic heterocycles. The number of rotatable bonds is 3. The first-order valence-corrected chi connectivity index (χ1v) is 9.81. The van der Waals surface area contributed by atoms with Gasteiger partial charge in [0.25, 0.3) is 5.91 Å². The number of anilines is 1. The fourth-order valence-corrected chi connectivity index (χ4v) is 3.77. The molecule has 0 atom stereocenters. The Morgan fingerprint density at radius 1 is 0.964 bits per heavy atom. The van der Waals surface area contributed by atoms with Gasteiger partial charge >= 0.3 is 0 Å². The molecule has 4 rings (SSSR count). The molecule has 1 amide bonds. The first-order valence-electron chi connectivity index (χ1n) is 9.43. The lowest BCUT2D eigenvalue weighted by molar-refractivity contribution is -0.114. The van der Waals surface area contributed by atoms with Crippen LogP contribution in [0, 0.1) is 0 Å². The molecule has 2 aromatic rings. The van der Waals surface area contributed by atoms with Gasteiger partial charge in [-0.3, -0.25) is 4.79 Å². The molecular weight excluding hydrogens is 372 g/mol. The molecule has 0 unspecified atom stereocenters. The average Bonchev–Trinajstić information content (AvgIpc) is 3.00. The van der Waals surface area contributed by atoms with E-state index >= 15 is 0 Å². The highest BCUT2D eigenvalue weighted by atomic mass is 35.5. The molecule has 1 fully saturated rings. The third-order valence-corrected chi connectivity index (χ3v) is 5.44. The maximum atomic E-state index is 13.4. The van der Waals surface area contributed by atoms with Crippen LogP contribution in [-0.2, 0) is 4.79 Å². The molecule has 1 saturated heterocycles. The van der Waals surface area contributed by atoms with E-state index in [-0.39, 0.29) is 5.91 Å². The Bertz CT molecular complexity index is 929. The third kappa shape index (κ3) is 3.55. The van der Waals surface area contributed by atoms with Crippen molar-refractivity contribution in [3.05, 3.63) is 70.8 Å². The number of carbonyl (C=O) groups is 1. The second-order valence-corrected chi connectivity index (χ2v) is 7.60. The van der Waals surface area contributed by atoms with Crippen molar-refractivity contribution >= 4 is 34.6 Å². The van der Waals surface area contributed by atoms with Gasteiger partial charge in [0.2, 0.25) is 0 Å². The number of hydrogen-bond acceptors (Lipinski definition) is 4. The third-order valence-electron chi connectivity index (χ3n) is 5.19. The molecule has 5 nitrogen and oxygen atoms in total. The van der Waals surface area contributed by atoms with Crippen molar-refractivity contribution in [3.8, 4) is 0 Å². The molecule has 144 valence electrons. The predicted octanol–water partition coefficient (Wildman–Crippen LogP) is 3.72. The average molecular weight is 395 g/mol. The van der Waals surface area contributed by atoms with E-state index in [4.69, 9.17) is 11.6 Å². The summed E-state index contributed by atoms with van der Waals surface area (Å²) in [4.78, 5) is 18.0. The van der Waals surface area contributed by atoms with Gasteiger partial charge in [0.05, 0.1) is 22.7 Å². The Kier molecular flexibility index (Phi) is 5.20. The molecule has 0 aliphatic carbocycles. The summed E-state index contributed by atoms with van der Waals surface area (Å²) >= 11 is 6.11. The number of hydrogen-bond donors (Lipinski definition) is 0. The Balaban J connectivity index is 1.80. The number of hydrazone groups is 1. The van der Waals surface area contributed by atoms with Gasteiger partial charge in [0.1, 0.15) is 0 Å². The van der Waals surface area contributed by atoms with Crippen LogP contribution in [0.4, 0.5) is 5.69 Å². The van der Waals surface area contributed by atoms with E-state index in [1.165, 1.54) is 5.01 Å². The van der Waals surface area contributed by atoms with E-state index in [9.17, 15) is 4.79 Å². The van der Waals surface area contributed by atoms with Crippen LogP contribution in [0.15, 0.2) is 65.3 Å². The maximum Gasteiger partial charge on any atom is 0.282 e. The number of nitrogens with zero attached hydrogens (tertiary/aromatic N) is 4. The Labute approximate surface area is 170 Å². The number of benzene rings is 2. The number of carbonyl (C=O) groups excluding carboxylic acids is 1. The van der Waals surface area contributed by atoms with Crippen molar-refractivity contribution in [2.45, 2.75) is 6.92 Å². The number of halogens is 1. The summed E-state index contributed by atoms with van der Waals surface area (Å²) < 4.78 is 0. The normalized spacial score (nSPS) is 19.8. The summed E-state index contributed by atoms with van der Waals surface area (Å²) in [5.41, 5.74) is 4.10. The minimum atomic E-state index is -0.0902. The fraction of sp³-hybridized carbons (Fsp3) is 0.273. The second-order valence-electron chi connectivity index (χ2n) is 7.16. The van der Waals surface area contributed by atoms with E-state index < -0.39 is 0 Å². The molecular formula is C22H23ClN4O. The number of piperazine rings is 1. The lowest BCUT2D eigenvalue weighted by atomic mass is 10.0. The number of amides is 1. The highest BCUT2D eigenvalue weighted by Gasteiger charge is 2.34. The van der Waals surface area contributed by atoms with E-state index in [2.05, 4.69) is 21.9 Å². The molecule has 6 heteroatoms. The summed E-state index contributed by atoms with van der Waals surface area (Å²) in [6.45, 7) is 5.55. The van der Waals surface area contributed by atoms with Crippen LogP contribution in [-0.4, -0.2) is 54.6 Å². The topological polar surface area (TPSA) is 39.2 Å². The number of para-hydroxylation sites is 1. The van der Waals surface area contributed by atoms with Crippen molar-refractivity contribution < 1.29 is 4.79 Å². The zero-order valence-corrected chi connectivity index (χ0v) is 16.9. The second kappa shape index (κ2) is 7.78. The zero-order valence-electron chi connectivity index (χ0n) is 16.1. The van der Waals surface area contributed by atoms with Gasteiger partial charge in [-0.15, -0.1) is 0 Å². The van der Waals surface area contributed by atoms with Crippen LogP contribution < -0.4 is 5.01 Å². The molecule has 2 aliphatic rings. The predicted molar refractivity (Wildman–Crippen MR) is 114 cm³/mol. The van der Waals surface area contributed by atoms with Gasteiger partial charge in [-0.2, -0.15) is 10.1 Å². The monoisotopic (exact) mass is 394 g/mol. The highest BCUT2D eigenvalue weighted by Crippen LogP contribution is 2.32. The van der Waals surface area contributed by atoms with Crippen molar-refractivity contribution in [3.63, 3.8) is 0 Å². The van der Waals surface area contributed by atoms with Gasteiger partial charge in [0.15, 0.2) is 0 Å². The van der Waals surface area contributed by atoms with E-state index in [0.29, 0.717) is 10.6 Å². The molecule has 2 aromatic carbocycles. The Hall–Kier alpha value is -2.63. The van der Waals surface area contributed by atoms with Crippen LogP contribution in [0.2, 0.25) is 5.02 Å². The van der Waals surface area contributed by atoms with Crippen LogP contribution >= 0.6 is 11.6 Å². The smallest absolute Gasteiger partial charge is 0.282 e. The summed E-state index contributed by atoms with van der Waals surface area (Å²) in [5.74, 6) is -0.0902. The van der Waals surface area contributed by atoms with Crippen molar-refractivity contribution in [2.24, 2.45) is 5.10 Å². The standard InChI is InChI=1S/C22H23ClN4O/c1-16-20(22(28)27(24-16)19-6-4-3-5-7-19)21(17-8-10-18(23)11-9-17)26-14-12-25(2)13-15-26/h3-11H,12-15H2,1-2H3/b21-20-. The van der Waals surface area contributed by atoms with Gasteiger partial charge in [-0.1, -0.05) is 41.9 Å². The largest absolute Gasteiger partial charge is 0.368 e. The summed E-state index contributed by atoms with van der Waals surface area (Å²) in [7, 11) is 2.12. The Morgan fingerprint density at radius 3 is 2.25 bits per heavy atom. The minimum Gasteiger partial charge on any atom is -0.368 e. The van der Waals surface area contributed by atoms with E-state index in [1.54, 1.807) is 0 Å². The van der Waals surface area contributed by atoms with E-state index in [0.717, 1.165) is 48.8 Å². The quantitative estimate of drug-likeness (QED) is 0.745. The first kappa shape index (κ1) is 18.7. The first-order chi connectivity index (χ1) is 13.5. The van der Waals surface area contributed by atoms with Crippen molar-refractivity contribution in [1.82, 2.24) is 9.80 Å². The molecule has 0 saturated carbocycles. The van der Waals surface area contributed by atoms with Gasteiger partial charge in [-0.25, -0.2) is 0 Å². The van der Waals surface area contributed by atoms with Crippen LogP contribution in [0.3, 0.4) is 0 Å². The molecule has 0 N–H and O–H groups in total. The molecule has 0 aromatic heterocycles. The van der Waals surface area contributed by atoms with Gasteiger partial charge < -0.3 is 9.80 Å². The Morgan fingerprint density at radius 2 is 1.61 bits per heavy atom. The van der Waals surface area contributed by atoms with Crippen LogP contribution in [0.1, 0.15) is 12.5 Å². The van der Waals surface area contributed by atoms with Crippen LogP contribution in [0.5, 0.6) is 0 Å². The van der Waals surface area contributed by atoms with Crippen LogP contribution in [0.25, 0.3) is 5.70 Å². The van der Waals surface area contributed by atoms with Gasteiger partial charge in [0, 0.05) is 31.2 Å². The zero-order chi connectivity index (χ0) is 19.7. The summed E-state index contributed by atoms with van der Waals surface area (Å²) in [6.07, 6.45) is 0. The fourth-order valence-electron chi connectivity index (χ4n) is 3.65. The molecule has 0 bridgehead atoms. The molecule has 0 radical (unpaired) electrons. The summed E-state index contributed by atoms with van der Waals surface area (Å²) in [6, 6.07) is 17.3. The van der Waals surface area contributed by atoms with Gasteiger partial charge in [-0.05, 0) is 43.8 Å². The maximum absolute atomic E-state index is 13.4. The van der Waals surface area contributed by atoms with Crippen molar-refractivity contribution in [2.75, 3.05) is 38.2 Å². The lowest BCUT2D eigenvalue weighted by Crippen LogP contribution is -2.44. The molecule has 2 heterocycles. The lowest BCUT2D eigenvalue weighted by Gasteiger charge is -2.36. The van der Waals surface area contributed by atoms with E-state index in [1.807, 2.05) is 61.5 Å². The minimum absolute atomic E-state index is 0.0902. The van der Waals surface area contributed by atoms with Crippen molar-refractivity contribution in [1.29, 1.82) is 0 Å².